The summed E-state index contributed by atoms with van der Waals surface area (Å²) in [5, 5.41) is 10.3. The van der Waals surface area contributed by atoms with E-state index < -0.39 is 0 Å². The number of hydrogen-bond acceptors (Lipinski definition) is 5. The molecule has 0 fully saturated rings. The Balaban J connectivity index is 1.58. The number of halogens is 1. The smallest absolute Gasteiger partial charge is 0.285 e. The molecule has 0 aliphatic rings. The Morgan fingerprint density at radius 3 is 2.88 bits per heavy atom. The van der Waals surface area contributed by atoms with Crippen LogP contribution in [0.15, 0.2) is 51.9 Å². The van der Waals surface area contributed by atoms with Crippen LogP contribution in [0, 0.1) is 0 Å². The summed E-state index contributed by atoms with van der Waals surface area (Å²) in [6.07, 6.45) is 3.13. The molecule has 0 bridgehead atoms. The van der Waals surface area contributed by atoms with Gasteiger partial charge in [-0.2, -0.15) is 5.10 Å². The van der Waals surface area contributed by atoms with Crippen LogP contribution < -0.4 is 10.5 Å². The van der Waals surface area contributed by atoms with Gasteiger partial charge >= 0.3 is 0 Å². The molecule has 6 nitrogen and oxygen atoms in total. The van der Waals surface area contributed by atoms with E-state index in [9.17, 15) is 4.79 Å². The highest BCUT2D eigenvalue weighted by molar-refractivity contribution is 6.32. The Labute approximate surface area is 144 Å². The monoisotopic (exact) mass is 344 g/mol. The van der Waals surface area contributed by atoms with E-state index in [1.54, 1.807) is 6.20 Å². The van der Waals surface area contributed by atoms with Gasteiger partial charge < -0.3 is 9.42 Å². The van der Waals surface area contributed by atoms with Crippen molar-refractivity contribution in [1.82, 2.24) is 15.4 Å². The third-order valence-corrected chi connectivity index (χ3v) is 4.10. The number of hydrogen-bond donors (Lipinski definition) is 1. The van der Waals surface area contributed by atoms with Gasteiger partial charge in [0, 0.05) is 31.6 Å². The lowest BCUT2D eigenvalue weighted by molar-refractivity contribution is 0.383. The van der Waals surface area contributed by atoms with E-state index in [4.69, 9.17) is 16.1 Å². The van der Waals surface area contributed by atoms with E-state index in [1.807, 2.05) is 48.3 Å². The molecule has 1 aromatic carbocycles. The van der Waals surface area contributed by atoms with Gasteiger partial charge in [-0.1, -0.05) is 47.1 Å². The summed E-state index contributed by atoms with van der Waals surface area (Å²) in [7, 11) is 1.87. The third kappa shape index (κ3) is 3.65. The van der Waals surface area contributed by atoms with Crippen LogP contribution >= 0.6 is 11.6 Å². The van der Waals surface area contributed by atoms with Crippen LogP contribution in [-0.4, -0.2) is 28.9 Å². The average Bonchev–Trinajstić information content (AvgIpc) is 3.07. The largest absolute Gasteiger partial charge is 0.372 e. The molecule has 0 aliphatic carbocycles. The molecule has 2 aromatic heterocycles. The minimum Gasteiger partial charge on any atom is -0.372 e. The van der Waals surface area contributed by atoms with Crippen molar-refractivity contribution in [2.24, 2.45) is 0 Å². The lowest BCUT2D eigenvalue weighted by atomic mass is 10.1. The van der Waals surface area contributed by atoms with Gasteiger partial charge in [-0.25, -0.2) is 5.10 Å². The van der Waals surface area contributed by atoms with Crippen LogP contribution in [0.2, 0.25) is 5.02 Å². The second-order valence-corrected chi connectivity index (χ2v) is 5.85. The summed E-state index contributed by atoms with van der Waals surface area (Å²) in [5.41, 5.74) is 2.10. The SMILES string of the molecule is CN(CCCc1cc(-c2ccccc2)no1)c1cn[nH]c(=O)c1Cl. The summed E-state index contributed by atoms with van der Waals surface area (Å²) in [4.78, 5) is 13.4. The highest BCUT2D eigenvalue weighted by atomic mass is 35.5. The Morgan fingerprint density at radius 1 is 1.29 bits per heavy atom. The van der Waals surface area contributed by atoms with Crippen molar-refractivity contribution in [3.05, 3.63) is 63.7 Å². The molecule has 7 heteroatoms. The van der Waals surface area contributed by atoms with E-state index >= 15 is 0 Å². The lowest BCUT2D eigenvalue weighted by Gasteiger charge is -2.18. The van der Waals surface area contributed by atoms with Gasteiger partial charge in [-0.05, 0) is 6.42 Å². The van der Waals surface area contributed by atoms with E-state index in [1.165, 1.54) is 0 Å². The minimum atomic E-state index is -0.385. The van der Waals surface area contributed by atoms with E-state index in [0.717, 1.165) is 29.9 Å². The number of aromatic nitrogens is 3. The molecule has 0 saturated carbocycles. The highest BCUT2D eigenvalue weighted by Gasteiger charge is 2.11. The van der Waals surface area contributed by atoms with Crippen molar-refractivity contribution in [3.8, 4) is 11.3 Å². The fourth-order valence-corrected chi connectivity index (χ4v) is 2.66. The molecule has 0 spiro atoms. The Bertz CT molecular complexity index is 860. The Hall–Kier alpha value is -2.60. The van der Waals surface area contributed by atoms with E-state index in [-0.39, 0.29) is 10.6 Å². The number of nitrogens with zero attached hydrogens (tertiary/aromatic N) is 3. The second-order valence-electron chi connectivity index (χ2n) is 5.47. The predicted molar refractivity (Wildman–Crippen MR) is 93.4 cm³/mol. The van der Waals surface area contributed by atoms with Crippen LogP contribution in [0.4, 0.5) is 5.69 Å². The van der Waals surface area contributed by atoms with Crippen molar-refractivity contribution < 1.29 is 4.52 Å². The predicted octanol–water partition coefficient (Wildman–Crippen LogP) is 3.15. The zero-order chi connectivity index (χ0) is 16.9. The van der Waals surface area contributed by atoms with Crippen molar-refractivity contribution in [1.29, 1.82) is 0 Å². The first-order chi connectivity index (χ1) is 11.6. The third-order valence-electron chi connectivity index (χ3n) is 3.73. The van der Waals surface area contributed by atoms with Gasteiger partial charge in [0.15, 0.2) is 0 Å². The van der Waals surface area contributed by atoms with Crippen LogP contribution in [0.5, 0.6) is 0 Å². The van der Waals surface area contributed by atoms with Crippen molar-refractivity contribution in [3.63, 3.8) is 0 Å². The summed E-state index contributed by atoms with van der Waals surface area (Å²) >= 11 is 6.00. The number of aromatic amines is 1. The molecule has 24 heavy (non-hydrogen) atoms. The molecule has 0 radical (unpaired) electrons. The fraction of sp³-hybridized carbons (Fsp3) is 0.235. The number of nitrogens with one attached hydrogen (secondary N) is 1. The molecular weight excluding hydrogens is 328 g/mol. The van der Waals surface area contributed by atoms with Crippen molar-refractivity contribution in [2.45, 2.75) is 12.8 Å². The van der Waals surface area contributed by atoms with Gasteiger partial charge in [0.25, 0.3) is 5.56 Å². The molecule has 0 saturated heterocycles. The molecule has 0 amide bonds. The quantitative estimate of drug-likeness (QED) is 0.743. The maximum absolute atomic E-state index is 11.5. The first-order valence-corrected chi connectivity index (χ1v) is 7.98. The average molecular weight is 345 g/mol. The Kier molecular flexibility index (Phi) is 4.96. The molecule has 3 aromatic rings. The first-order valence-electron chi connectivity index (χ1n) is 7.60. The summed E-state index contributed by atoms with van der Waals surface area (Å²) in [5.74, 6) is 0.831. The van der Waals surface area contributed by atoms with Crippen LogP contribution in [0.1, 0.15) is 12.2 Å². The number of aryl methyl sites for hydroxylation is 1. The zero-order valence-corrected chi connectivity index (χ0v) is 14.0. The first kappa shape index (κ1) is 16.3. The van der Waals surface area contributed by atoms with Crippen molar-refractivity contribution >= 4 is 17.3 Å². The molecule has 1 N–H and O–H groups in total. The molecular formula is C17H17ClN4O2. The standard InChI is InChI=1S/C17H17ClN4O2/c1-22(15-11-19-20-17(23)16(15)18)9-5-8-13-10-14(21-24-13)12-6-3-2-4-7-12/h2-4,6-7,10-11H,5,8-9H2,1H3,(H,20,23). The second kappa shape index (κ2) is 7.31. The molecule has 0 atom stereocenters. The van der Waals surface area contributed by atoms with Crippen LogP contribution in [-0.2, 0) is 6.42 Å². The highest BCUT2D eigenvalue weighted by Crippen LogP contribution is 2.21. The topological polar surface area (TPSA) is 75.0 Å². The van der Waals surface area contributed by atoms with Crippen LogP contribution in [0.3, 0.4) is 0 Å². The normalized spacial score (nSPS) is 10.8. The molecule has 0 aliphatic heterocycles. The summed E-state index contributed by atoms with van der Waals surface area (Å²) in [6.45, 7) is 0.715. The zero-order valence-electron chi connectivity index (χ0n) is 13.2. The number of rotatable bonds is 6. The maximum atomic E-state index is 11.5. The van der Waals surface area contributed by atoms with Gasteiger partial charge in [0.2, 0.25) is 0 Å². The maximum Gasteiger partial charge on any atom is 0.285 e. The van der Waals surface area contributed by atoms with Gasteiger partial charge in [-0.15, -0.1) is 0 Å². The van der Waals surface area contributed by atoms with Gasteiger partial charge in [0.1, 0.15) is 16.5 Å². The number of anilines is 1. The fourth-order valence-electron chi connectivity index (χ4n) is 2.43. The number of H-pyrrole nitrogens is 1. The lowest BCUT2D eigenvalue weighted by Crippen LogP contribution is -2.22. The molecule has 0 unspecified atom stereocenters. The minimum absolute atomic E-state index is 0.151. The summed E-state index contributed by atoms with van der Waals surface area (Å²) in [6, 6.07) is 11.9. The molecule has 124 valence electrons. The van der Waals surface area contributed by atoms with Crippen molar-refractivity contribution in [2.75, 3.05) is 18.5 Å². The molecule has 2 heterocycles. The number of benzene rings is 1. The van der Waals surface area contributed by atoms with E-state index in [2.05, 4.69) is 15.4 Å². The van der Waals surface area contributed by atoms with Gasteiger partial charge in [0.05, 0.1) is 11.9 Å². The summed E-state index contributed by atoms with van der Waals surface area (Å²) < 4.78 is 5.39. The Morgan fingerprint density at radius 2 is 2.08 bits per heavy atom. The van der Waals surface area contributed by atoms with E-state index in [0.29, 0.717) is 12.2 Å². The van der Waals surface area contributed by atoms with Crippen LogP contribution in [0.25, 0.3) is 11.3 Å². The molecule has 3 rings (SSSR count). The van der Waals surface area contributed by atoms with Gasteiger partial charge in [-0.3, -0.25) is 4.79 Å².